The van der Waals surface area contributed by atoms with Crippen LogP contribution in [0.1, 0.15) is 26.2 Å². The van der Waals surface area contributed by atoms with E-state index in [1.165, 1.54) is 22.7 Å². The third kappa shape index (κ3) is 2.34. The second kappa shape index (κ2) is 5.40. The molecule has 0 fully saturated rings. The van der Waals surface area contributed by atoms with E-state index in [-0.39, 0.29) is 5.69 Å². The van der Waals surface area contributed by atoms with Crippen molar-refractivity contribution in [3.05, 3.63) is 34.9 Å². The molecule has 0 saturated heterocycles. The Morgan fingerprint density at radius 1 is 1.39 bits per heavy atom. The Bertz CT molecular complexity index is 535. The van der Waals surface area contributed by atoms with Crippen LogP contribution >= 0.6 is 11.8 Å². The maximum absolute atomic E-state index is 13.8. The van der Waals surface area contributed by atoms with Crippen molar-refractivity contribution < 1.29 is 8.78 Å². The van der Waals surface area contributed by atoms with Crippen molar-refractivity contribution in [3.8, 4) is 6.19 Å². The zero-order valence-electron chi connectivity index (χ0n) is 9.91. The van der Waals surface area contributed by atoms with Crippen LogP contribution in [0.2, 0.25) is 0 Å². The van der Waals surface area contributed by atoms with Crippen molar-refractivity contribution in [3.63, 3.8) is 0 Å². The number of nitriles is 1. The molecule has 0 N–H and O–H groups in total. The Morgan fingerprint density at radius 2 is 2.17 bits per heavy atom. The summed E-state index contributed by atoms with van der Waals surface area (Å²) in [5.41, 5.74) is 0.930. The van der Waals surface area contributed by atoms with Crippen molar-refractivity contribution in [1.82, 2.24) is 0 Å². The van der Waals surface area contributed by atoms with Crippen LogP contribution in [-0.2, 0) is 0 Å². The Hall–Kier alpha value is -1.54. The van der Waals surface area contributed by atoms with Gasteiger partial charge in [-0.2, -0.15) is 5.26 Å². The lowest BCUT2D eigenvalue weighted by molar-refractivity contribution is 0.577. The van der Waals surface area contributed by atoms with Gasteiger partial charge in [0, 0.05) is 16.7 Å². The molecule has 94 valence electrons. The minimum Gasteiger partial charge on any atom is -0.247 e. The Balaban J connectivity index is 2.40. The molecular weight excluding hydrogens is 254 g/mol. The average molecular weight is 266 g/mol. The molecule has 0 spiro atoms. The van der Waals surface area contributed by atoms with Crippen LogP contribution in [0.15, 0.2) is 28.1 Å². The third-order valence-corrected chi connectivity index (χ3v) is 3.67. The number of thioether (sulfide) groups is 1. The lowest BCUT2D eigenvalue weighted by atomic mass is 10.2. The van der Waals surface area contributed by atoms with Gasteiger partial charge in [0.25, 0.3) is 0 Å². The molecule has 0 aliphatic carbocycles. The second-order valence-electron chi connectivity index (χ2n) is 4.00. The van der Waals surface area contributed by atoms with Crippen molar-refractivity contribution in [1.29, 1.82) is 5.26 Å². The van der Waals surface area contributed by atoms with Gasteiger partial charge in [-0.15, -0.1) is 0 Å². The summed E-state index contributed by atoms with van der Waals surface area (Å²) in [6.07, 6.45) is 4.62. The number of allylic oxidation sites excluding steroid dienone is 1. The molecule has 2 nitrogen and oxygen atoms in total. The van der Waals surface area contributed by atoms with Crippen LogP contribution < -0.4 is 4.90 Å². The molecule has 1 aromatic carbocycles. The highest BCUT2D eigenvalue weighted by Gasteiger charge is 2.24. The lowest BCUT2D eigenvalue weighted by Crippen LogP contribution is -2.20. The van der Waals surface area contributed by atoms with Crippen LogP contribution in [-0.4, -0.2) is 0 Å². The number of rotatable bonds is 3. The average Bonchev–Trinajstić information content (AvgIpc) is 2.35. The maximum Gasteiger partial charge on any atom is 0.189 e. The van der Waals surface area contributed by atoms with Gasteiger partial charge in [-0.05, 0) is 24.3 Å². The number of hydrogen-bond donors (Lipinski definition) is 0. The monoisotopic (exact) mass is 266 g/mol. The Morgan fingerprint density at radius 3 is 2.83 bits per heavy atom. The number of unbranched alkanes of at least 4 members (excludes halogenated alkanes) is 1. The fourth-order valence-corrected chi connectivity index (χ4v) is 2.79. The first-order chi connectivity index (χ1) is 8.67. The number of halogens is 2. The van der Waals surface area contributed by atoms with E-state index in [0.717, 1.165) is 24.6 Å². The topological polar surface area (TPSA) is 27.0 Å². The van der Waals surface area contributed by atoms with E-state index < -0.39 is 11.6 Å². The van der Waals surface area contributed by atoms with Crippen molar-refractivity contribution in [2.24, 2.45) is 0 Å². The molecule has 1 aliphatic rings. The van der Waals surface area contributed by atoms with Gasteiger partial charge >= 0.3 is 0 Å². The summed E-state index contributed by atoms with van der Waals surface area (Å²) < 4.78 is 26.9. The largest absolute Gasteiger partial charge is 0.247 e. The standard InChI is InChI=1S/C13H12F2N2S/c1-2-3-4-10-7-18-12-6-9(14)5-11(15)13(12)17(10)8-16/h5-7H,2-4H2,1H3. The Kier molecular flexibility index (Phi) is 3.87. The molecule has 18 heavy (non-hydrogen) atoms. The molecule has 2 rings (SSSR count). The zero-order chi connectivity index (χ0) is 13.1. The normalized spacial score (nSPS) is 13.9. The van der Waals surface area contributed by atoms with Crippen LogP contribution in [0.3, 0.4) is 0 Å². The van der Waals surface area contributed by atoms with Crippen LogP contribution in [0.4, 0.5) is 14.5 Å². The molecule has 0 unspecified atom stereocenters. The van der Waals surface area contributed by atoms with E-state index in [1.54, 1.807) is 5.41 Å². The molecule has 1 aromatic rings. The molecule has 1 aliphatic heterocycles. The van der Waals surface area contributed by atoms with Gasteiger partial charge in [-0.3, -0.25) is 0 Å². The quantitative estimate of drug-likeness (QED) is 0.759. The smallest absolute Gasteiger partial charge is 0.189 e. The fourth-order valence-electron chi connectivity index (χ4n) is 1.82. The first-order valence-electron chi connectivity index (χ1n) is 5.72. The van der Waals surface area contributed by atoms with Gasteiger partial charge in [0.05, 0.1) is 0 Å². The molecule has 0 amide bonds. The van der Waals surface area contributed by atoms with Gasteiger partial charge in [0.1, 0.15) is 11.5 Å². The summed E-state index contributed by atoms with van der Waals surface area (Å²) in [4.78, 5) is 1.70. The minimum atomic E-state index is -0.693. The third-order valence-electron chi connectivity index (χ3n) is 2.71. The number of hydrogen-bond acceptors (Lipinski definition) is 3. The second-order valence-corrected chi connectivity index (χ2v) is 4.91. The highest BCUT2D eigenvalue weighted by atomic mass is 32.2. The first kappa shape index (κ1) is 12.9. The van der Waals surface area contributed by atoms with Gasteiger partial charge in [0.15, 0.2) is 12.0 Å². The summed E-state index contributed by atoms with van der Waals surface area (Å²) >= 11 is 1.26. The predicted octanol–water partition coefficient (Wildman–Crippen LogP) is 4.39. The van der Waals surface area contributed by atoms with Crippen molar-refractivity contribution >= 4 is 17.4 Å². The fraction of sp³-hybridized carbons (Fsp3) is 0.308. The van der Waals surface area contributed by atoms with Gasteiger partial charge in [0.2, 0.25) is 0 Å². The Labute approximate surface area is 109 Å². The van der Waals surface area contributed by atoms with Gasteiger partial charge in [-0.1, -0.05) is 25.1 Å². The zero-order valence-corrected chi connectivity index (χ0v) is 10.7. The van der Waals surface area contributed by atoms with E-state index in [1.807, 2.05) is 6.19 Å². The van der Waals surface area contributed by atoms with Crippen LogP contribution in [0, 0.1) is 23.1 Å². The summed E-state index contributed by atoms with van der Waals surface area (Å²) in [7, 11) is 0. The number of nitrogens with zero attached hydrogens (tertiary/aromatic N) is 2. The van der Waals surface area contributed by atoms with E-state index in [2.05, 4.69) is 6.92 Å². The SMILES string of the molecule is CCCCC1=CSc2cc(F)cc(F)c2N1C#N. The van der Waals surface area contributed by atoms with Crippen molar-refractivity contribution in [2.45, 2.75) is 31.1 Å². The van der Waals surface area contributed by atoms with E-state index in [9.17, 15) is 8.78 Å². The maximum atomic E-state index is 13.8. The lowest BCUT2D eigenvalue weighted by Gasteiger charge is -2.25. The molecule has 0 atom stereocenters. The molecular formula is C13H12F2N2S. The number of benzene rings is 1. The molecule has 0 saturated carbocycles. The van der Waals surface area contributed by atoms with Crippen LogP contribution in [0.5, 0.6) is 0 Å². The van der Waals surface area contributed by atoms with Gasteiger partial charge < -0.3 is 0 Å². The summed E-state index contributed by atoms with van der Waals surface area (Å²) in [6.45, 7) is 2.05. The van der Waals surface area contributed by atoms with E-state index in [0.29, 0.717) is 11.3 Å². The summed E-state index contributed by atoms with van der Waals surface area (Å²) in [5, 5.41) is 11.0. The predicted molar refractivity (Wildman–Crippen MR) is 67.9 cm³/mol. The molecule has 0 radical (unpaired) electrons. The summed E-state index contributed by atoms with van der Waals surface area (Å²) in [5.74, 6) is -1.32. The number of anilines is 1. The molecule has 0 bridgehead atoms. The first-order valence-corrected chi connectivity index (χ1v) is 6.60. The highest BCUT2D eigenvalue weighted by molar-refractivity contribution is 8.02. The highest BCUT2D eigenvalue weighted by Crippen LogP contribution is 2.41. The van der Waals surface area contributed by atoms with E-state index in [4.69, 9.17) is 5.26 Å². The van der Waals surface area contributed by atoms with Crippen molar-refractivity contribution in [2.75, 3.05) is 4.90 Å². The van der Waals surface area contributed by atoms with Gasteiger partial charge in [-0.25, -0.2) is 13.7 Å². The molecule has 0 aromatic heterocycles. The van der Waals surface area contributed by atoms with Crippen LogP contribution in [0.25, 0.3) is 0 Å². The molecule has 5 heteroatoms. The number of fused-ring (bicyclic) bond motifs is 1. The van der Waals surface area contributed by atoms with E-state index >= 15 is 0 Å². The minimum absolute atomic E-state index is 0.164. The molecule has 1 heterocycles. The summed E-state index contributed by atoms with van der Waals surface area (Å²) in [6, 6.07) is 2.06.